The molecule has 2 amide bonds. The molecule has 0 radical (unpaired) electrons. The molecule has 0 bridgehead atoms. The summed E-state index contributed by atoms with van der Waals surface area (Å²) in [5.74, 6) is -1.04. The van der Waals surface area contributed by atoms with E-state index in [0.29, 0.717) is 22.3 Å². The van der Waals surface area contributed by atoms with E-state index in [1.165, 1.54) is 24.3 Å². The Morgan fingerprint density at radius 2 is 1.18 bits per heavy atom. The second-order valence-electron chi connectivity index (χ2n) is 5.14. The van der Waals surface area contributed by atoms with Gasteiger partial charge >= 0.3 is 0 Å². The number of rotatable bonds is 2. The average Bonchev–Trinajstić information content (AvgIpc) is 2.50. The molecule has 0 aliphatic heterocycles. The highest BCUT2D eigenvalue weighted by atomic mass is 16.2. The molecule has 6 heteroatoms. The number of carbonyl (C=O) groups is 4. The van der Waals surface area contributed by atoms with Crippen molar-refractivity contribution in [1.29, 1.82) is 0 Å². The standard InChI is InChI=1S/C16H16N2O4/c1-9-7-11(3-5-13(9)19)15(21)17-18-16(22)12-4-6-14(20)10(2)8-12/h3-4,7-8H,5-6H2,1-2H3,(H,17,21)(H,18,22). The van der Waals surface area contributed by atoms with Gasteiger partial charge < -0.3 is 0 Å². The minimum Gasteiger partial charge on any atom is -0.294 e. The third kappa shape index (κ3) is 3.46. The number of amides is 2. The van der Waals surface area contributed by atoms with Crippen LogP contribution in [-0.4, -0.2) is 23.4 Å². The monoisotopic (exact) mass is 300 g/mol. The van der Waals surface area contributed by atoms with E-state index in [-0.39, 0.29) is 24.4 Å². The molecule has 22 heavy (non-hydrogen) atoms. The number of hydrogen-bond acceptors (Lipinski definition) is 4. The van der Waals surface area contributed by atoms with Crippen LogP contribution in [0.25, 0.3) is 0 Å². The minimum absolute atomic E-state index is 0.0294. The Balaban J connectivity index is 1.94. The van der Waals surface area contributed by atoms with E-state index < -0.39 is 11.8 Å². The first kappa shape index (κ1) is 15.6. The lowest BCUT2D eigenvalue weighted by Gasteiger charge is -2.13. The van der Waals surface area contributed by atoms with Crippen LogP contribution in [0.4, 0.5) is 0 Å². The van der Waals surface area contributed by atoms with Crippen LogP contribution >= 0.6 is 0 Å². The van der Waals surface area contributed by atoms with Gasteiger partial charge in [0.15, 0.2) is 11.6 Å². The van der Waals surface area contributed by atoms with E-state index in [1.807, 2.05) is 0 Å². The lowest BCUT2D eigenvalue weighted by molar-refractivity contribution is -0.124. The summed E-state index contributed by atoms with van der Waals surface area (Å²) < 4.78 is 0. The van der Waals surface area contributed by atoms with Gasteiger partial charge in [-0.15, -0.1) is 0 Å². The molecule has 0 heterocycles. The van der Waals surface area contributed by atoms with Crippen molar-refractivity contribution in [3.63, 3.8) is 0 Å². The average molecular weight is 300 g/mol. The zero-order valence-electron chi connectivity index (χ0n) is 12.4. The van der Waals surface area contributed by atoms with Gasteiger partial charge in [-0.3, -0.25) is 30.0 Å². The maximum Gasteiger partial charge on any atom is 0.269 e. The summed E-state index contributed by atoms with van der Waals surface area (Å²) >= 11 is 0. The zero-order chi connectivity index (χ0) is 16.3. The zero-order valence-corrected chi connectivity index (χ0v) is 12.4. The van der Waals surface area contributed by atoms with Crippen LogP contribution in [0.5, 0.6) is 0 Å². The molecule has 0 fully saturated rings. The second kappa shape index (κ2) is 6.34. The number of hydrogen-bond donors (Lipinski definition) is 2. The molecule has 0 aromatic carbocycles. The van der Waals surface area contributed by atoms with Crippen LogP contribution in [-0.2, 0) is 19.2 Å². The summed E-state index contributed by atoms with van der Waals surface area (Å²) in [6.07, 6.45) is 6.34. The summed E-state index contributed by atoms with van der Waals surface area (Å²) in [4.78, 5) is 46.5. The van der Waals surface area contributed by atoms with Crippen molar-refractivity contribution in [2.45, 2.75) is 26.7 Å². The van der Waals surface area contributed by atoms with Gasteiger partial charge in [-0.2, -0.15) is 0 Å². The molecular weight excluding hydrogens is 284 g/mol. The Kier molecular flexibility index (Phi) is 4.50. The Morgan fingerprint density at radius 1 is 0.818 bits per heavy atom. The van der Waals surface area contributed by atoms with Crippen LogP contribution in [0.3, 0.4) is 0 Å². The summed E-state index contributed by atoms with van der Waals surface area (Å²) in [7, 11) is 0. The van der Waals surface area contributed by atoms with E-state index in [1.54, 1.807) is 13.8 Å². The second-order valence-corrected chi connectivity index (χ2v) is 5.14. The van der Waals surface area contributed by atoms with Crippen LogP contribution < -0.4 is 10.9 Å². The van der Waals surface area contributed by atoms with Crippen LogP contribution in [0.2, 0.25) is 0 Å². The predicted molar refractivity (Wildman–Crippen MR) is 79.2 cm³/mol. The van der Waals surface area contributed by atoms with Crippen molar-refractivity contribution in [3.05, 3.63) is 46.6 Å². The molecule has 0 spiro atoms. The molecule has 114 valence electrons. The number of carbonyl (C=O) groups excluding carboxylic acids is 4. The highest BCUT2D eigenvalue weighted by Gasteiger charge is 2.18. The van der Waals surface area contributed by atoms with Crippen LogP contribution in [0, 0.1) is 0 Å². The lowest BCUT2D eigenvalue weighted by Crippen LogP contribution is -2.43. The SMILES string of the molecule is CC1=CC(C(=O)NNC(=O)C2=CCC(=O)C(C)=C2)=CCC1=O. The quantitative estimate of drug-likeness (QED) is 0.739. The Hall–Kier alpha value is -2.76. The molecule has 2 aliphatic rings. The summed E-state index contributed by atoms with van der Waals surface area (Å²) in [5, 5.41) is 0. The van der Waals surface area contributed by atoms with Gasteiger partial charge in [0.1, 0.15) is 0 Å². The highest BCUT2D eigenvalue weighted by molar-refractivity contribution is 6.07. The molecule has 2 rings (SSSR count). The largest absolute Gasteiger partial charge is 0.294 e. The number of Topliss-reactive ketones (excluding diaryl/α,β-unsaturated/α-hetero) is 2. The number of ketones is 2. The molecule has 0 saturated heterocycles. The topological polar surface area (TPSA) is 92.3 Å². The van der Waals surface area contributed by atoms with Crippen molar-refractivity contribution in [2.75, 3.05) is 0 Å². The molecule has 0 aromatic heterocycles. The number of nitrogens with one attached hydrogen (secondary N) is 2. The van der Waals surface area contributed by atoms with E-state index in [0.717, 1.165) is 0 Å². The Labute approximate surface area is 127 Å². The third-order valence-corrected chi connectivity index (χ3v) is 3.45. The van der Waals surface area contributed by atoms with E-state index >= 15 is 0 Å². The first-order valence-electron chi connectivity index (χ1n) is 6.82. The normalized spacial score (nSPS) is 17.9. The van der Waals surface area contributed by atoms with Gasteiger partial charge in [0.25, 0.3) is 11.8 Å². The highest BCUT2D eigenvalue weighted by Crippen LogP contribution is 2.15. The minimum atomic E-state index is -0.492. The van der Waals surface area contributed by atoms with Crippen molar-refractivity contribution < 1.29 is 19.2 Å². The van der Waals surface area contributed by atoms with E-state index in [9.17, 15) is 19.2 Å². The summed E-state index contributed by atoms with van der Waals surface area (Å²) in [6, 6.07) is 0. The van der Waals surface area contributed by atoms with Crippen molar-refractivity contribution in [2.24, 2.45) is 0 Å². The molecule has 6 nitrogen and oxygen atoms in total. The van der Waals surface area contributed by atoms with Crippen LogP contribution in [0.1, 0.15) is 26.7 Å². The van der Waals surface area contributed by atoms with Crippen molar-refractivity contribution >= 4 is 23.4 Å². The number of allylic oxidation sites excluding steroid dienone is 4. The van der Waals surface area contributed by atoms with Gasteiger partial charge in [0.2, 0.25) is 0 Å². The lowest BCUT2D eigenvalue weighted by atomic mass is 9.99. The van der Waals surface area contributed by atoms with Gasteiger partial charge in [0.05, 0.1) is 0 Å². The first-order chi connectivity index (χ1) is 10.4. The van der Waals surface area contributed by atoms with Crippen LogP contribution in [0.15, 0.2) is 46.6 Å². The molecule has 0 saturated carbocycles. The van der Waals surface area contributed by atoms with Gasteiger partial charge in [-0.1, -0.05) is 12.2 Å². The molecule has 0 aromatic rings. The maximum atomic E-state index is 11.9. The summed E-state index contributed by atoms with van der Waals surface area (Å²) in [5.41, 5.74) is 6.26. The van der Waals surface area contributed by atoms with E-state index in [4.69, 9.17) is 0 Å². The van der Waals surface area contributed by atoms with Gasteiger partial charge in [-0.05, 0) is 37.1 Å². The van der Waals surface area contributed by atoms with Crippen molar-refractivity contribution in [1.82, 2.24) is 10.9 Å². The maximum absolute atomic E-state index is 11.9. The van der Waals surface area contributed by atoms with Crippen molar-refractivity contribution in [3.8, 4) is 0 Å². The molecule has 2 N–H and O–H groups in total. The fourth-order valence-corrected chi connectivity index (χ4v) is 2.05. The predicted octanol–water partition coefficient (Wildman–Crippen LogP) is 0.825. The summed E-state index contributed by atoms with van der Waals surface area (Å²) in [6.45, 7) is 3.28. The Morgan fingerprint density at radius 3 is 1.50 bits per heavy atom. The Bertz CT molecular complexity index is 633. The van der Waals surface area contributed by atoms with E-state index in [2.05, 4.69) is 10.9 Å². The molecule has 0 atom stereocenters. The fraction of sp³-hybridized carbons (Fsp3) is 0.250. The van der Waals surface area contributed by atoms with Gasteiger partial charge in [-0.25, -0.2) is 0 Å². The smallest absolute Gasteiger partial charge is 0.269 e. The molecule has 2 aliphatic carbocycles. The first-order valence-corrected chi connectivity index (χ1v) is 6.82. The molecular formula is C16H16N2O4. The molecule has 0 unspecified atom stereocenters. The van der Waals surface area contributed by atoms with Gasteiger partial charge in [0, 0.05) is 24.0 Å². The number of hydrazine groups is 1. The third-order valence-electron chi connectivity index (χ3n) is 3.45. The fourth-order valence-electron chi connectivity index (χ4n) is 2.05.